The van der Waals surface area contributed by atoms with Crippen molar-refractivity contribution in [2.75, 3.05) is 42.5 Å². The normalized spacial score (nSPS) is 17.6. The number of amides is 1. The summed E-state index contributed by atoms with van der Waals surface area (Å²) in [5.74, 6) is 0.0739. The number of hydrogen-bond donors (Lipinski definition) is 4. The van der Waals surface area contributed by atoms with Crippen molar-refractivity contribution in [1.82, 2.24) is 9.88 Å². The summed E-state index contributed by atoms with van der Waals surface area (Å²) in [5, 5.41) is 7.57. The predicted molar refractivity (Wildman–Crippen MR) is 129 cm³/mol. The standard InChI is InChI=1S/C25H29N5O/c26-22-6-4-5-20-17(16-28-25(20)22)13-18-15-27-23-8-7-19(14-21(18)23)29-24(31)9-12-30-10-2-1-3-11-30/h4-8,13-15,27-28H,1-3,9-12,16,26H2,(H,29,31). The molecule has 3 heterocycles. The van der Waals surface area contributed by atoms with Crippen LogP contribution in [0.3, 0.4) is 0 Å². The Bertz CT molecular complexity index is 1140. The van der Waals surface area contributed by atoms with Crippen LogP contribution in [-0.2, 0) is 4.79 Å². The Morgan fingerprint density at radius 2 is 2.03 bits per heavy atom. The molecule has 0 aliphatic carbocycles. The number of nitrogens with two attached hydrogens (primary N) is 1. The summed E-state index contributed by atoms with van der Waals surface area (Å²) in [6.45, 7) is 3.82. The molecule has 0 radical (unpaired) electrons. The number of nitrogen functional groups attached to an aromatic ring is 1. The maximum atomic E-state index is 12.5. The summed E-state index contributed by atoms with van der Waals surface area (Å²) in [7, 11) is 0. The number of piperidine rings is 1. The van der Waals surface area contributed by atoms with Crippen LogP contribution < -0.4 is 16.4 Å². The molecule has 5 N–H and O–H groups in total. The number of aromatic nitrogens is 1. The Balaban J connectivity index is 1.32. The maximum absolute atomic E-state index is 12.5. The fourth-order valence-corrected chi connectivity index (χ4v) is 4.64. The molecule has 1 fully saturated rings. The van der Waals surface area contributed by atoms with Gasteiger partial charge in [-0.2, -0.15) is 0 Å². The third kappa shape index (κ3) is 4.16. The quantitative estimate of drug-likeness (QED) is 0.461. The number of nitrogens with zero attached hydrogens (tertiary/aromatic N) is 1. The summed E-state index contributed by atoms with van der Waals surface area (Å²) in [4.78, 5) is 18.2. The van der Waals surface area contributed by atoms with Crippen LogP contribution in [0.1, 0.15) is 36.8 Å². The van der Waals surface area contributed by atoms with Gasteiger partial charge in [0, 0.05) is 53.4 Å². The summed E-state index contributed by atoms with van der Waals surface area (Å²) >= 11 is 0. The molecule has 2 aromatic carbocycles. The van der Waals surface area contributed by atoms with Crippen LogP contribution >= 0.6 is 0 Å². The first-order valence-corrected chi connectivity index (χ1v) is 11.1. The number of para-hydroxylation sites is 1. The number of carbonyl (C=O) groups excluding carboxylic acids is 1. The monoisotopic (exact) mass is 415 g/mol. The highest BCUT2D eigenvalue weighted by molar-refractivity contribution is 6.02. The molecular formula is C25H29N5O. The molecule has 6 nitrogen and oxygen atoms in total. The zero-order valence-electron chi connectivity index (χ0n) is 17.7. The molecule has 1 saturated heterocycles. The molecule has 2 aliphatic rings. The fraction of sp³-hybridized carbons (Fsp3) is 0.320. The zero-order valence-corrected chi connectivity index (χ0v) is 17.7. The van der Waals surface area contributed by atoms with Gasteiger partial charge >= 0.3 is 0 Å². The lowest BCUT2D eigenvalue weighted by Crippen LogP contribution is -2.32. The van der Waals surface area contributed by atoms with E-state index in [1.54, 1.807) is 0 Å². The molecule has 31 heavy (non-hydrogen) atoms. The SMILES string of the molecule is Nc1cccc2c1NCC2=Cc1c[nH]c2ccc(NC(=O)CCN3CCCCC3)cc12. The molecule has 160 valence electrons. The minimum Gasteiger partial charge on any atom is -0.397 e. The van der Waals surface area contributed by atoms with E-state index >= 15 is 0 Å². The van der Waals surface area contributed by atoms with E-state index in [2.05, 4.69) is 38.7 Å². The van der Waals surface area contributed by atoms with Crippen molar-refractivity contribution in [3.63, 3.8) is 0 Å². The second-order valence-corrected chi connectivity index (χ2v) is 8.50. The number of nitrogens with one attached hydrogen (secondary N) is 3. The lowest BCUT2D eigenvalue weighted by Gasteiger charge is -2.25. The van der Waals surface area contributed by atoms with Crippen molar-refractivity contribution >= 4 is 45.5 Å². The highest BCUT2D eigenvalue weighted by Crippen LogP contribution is 2.37. The van der Waals surface area contributed by atoms with E-state index in [-0.39, 0.29) is 5.91 Å². The summed E-state index contributed by atoms with van der Waals surface area (Å²) in [6, 6.07) is 12.0. The third-order valence-corrected chi connectivity index (χ3v) is 6.33. The van der Waals surface area contributed by atoms with Crippen molar-refractivity contribution in [1.29, 1.82) is 0 Å². The van der Waals surface area contributed by atoms with Crippen LogP contribution in [-0.4, -0.2) is 42.0 Å². The van der Waals surface area contributed by atoms with Crippen molar-refractivity contribution in [2.45, 2.75) is 25.7 Å². The van der Waals surface area contributed by atoms with Gasteiger partial charge in [-0.1, -0.05) is 18.6 Å². The first-order chi connectivity index (χ1) is 15.2. The molecule has 1 aromatic heterocycles. The first kappa shape index (κ1) is 19.7. The Labute approximate surface area is 182 Å². The van der Waals surface area contributed by atoms with Crippen molar-refractivity contribution in [3.8, 4) is 0 Å². The van der Waals surface area contributed by atoms with E-state index in [1.807, 2.05) is 30.5 Å². The highest BCUT2D eigenvalue weighted by atomic mass is 16.1. The average molecular weight is 416 g/mol. The first-order valence-electron chi connectivity index (χ1n) is 11.1. The molecule has 0 unspecified atom stereocenters. The van der Waals surface area contributed by atoms with Gasteiger partial charge in [0.05, 0.1) is 11.4 Å². The molecule has 5 rings (SSSR count). The van der Waals surface area contributed by atoms with E-state index < -0.39 is 0 Å². The minimum atomic E-state index is 0.0739. The largest absolute Gasteiger partial charge is 0.397 e. The van der Waals surface area contributed by atoms with Crippen LogP contribution in [0.5, 0.6) is 0 Å². The highest BCUT2D eigenvalue weighted by Gasteiger charge is 2.18. The van der Waals surface area contributed by atoms with Gasteiger partial charge in [-0.15, -0.1) is 0 Å². The fourth-order valence-electron chi connectivity index (χ4n) is 4.64. The van der Waals surface area contributed by atoms with Crippen LogP contribution in [0.25, 0.3) is 22.6 Å². The molecule has 1 amide bonds. The lowest BCUT2D eigenvalue weighted by atomic mass is 10.0. The van der Waals surface area contributed by atoms with Crippen LogP contribution in [0.2, 0.25) is 0 Å². The molecule has 0 spiro atoms. The number of aromatic amines is 1. The summed E-state index contributed by atoms with van der Waals surface area (Å²) in [5.41, 5.74) is 13.2. The second-order valence-electron chi connectivity index (χ2n) is 8.50. The molecule has 2 aliphatic heterocycles. The van der Waals surface area contributed by atoms with Gasteiger partial charge in [-0.05, 0) is 61.8 Å². The number of H-pyrrole nitrogens is 1. The van der Waals surface area contributed by atoms with Gasteiger partial charge in [0.15, 0.2) is 0 Å². The minimum absolute atomic E-state index is 0.0739. The van der Waals surface area contributed by atoms with Crippen molar-refractivity contribution < 1.29 is 4.79 Å². The van der Waals surface area contributed by atoms with Gasteiger partial charge in [-0.3, -0.25) is 4.79 Å². The Hall–Kier alpha value is -3.25. The number of fused-ring (bicyclic) bond motifs is 2. The van der Waals surface area contributed by atoms with E-state index in [0.717, 1.165) is 65.3 Å². The van der Waals surface area contributed by atoms with Gasteiger partial charge in [0.1, 0.15) is 0 Å². The van der Waals surface area contributed by atoms with E-state index in [9.17, 15) is 4.79 Å². The Kier molecular flexibility index (Phi) is 5.38. The van der Waals surface area contributed by atoms with E-state index in [1.165, 1.54) is 24.8 Å². The van der Waals surface area contributed by atoms with Gasteiger partial charge in [-0.25, -0.2) is 0 Å². The average Bonchev–Trinajstić information content (AvgIpc) is 3.38. The van der Waals surface area contributed by atoms with Crippen LogP contribution in [0.15, 0.2) is 42.6 Å². The van der Waals surface area contributed by atoms with Crippen LogP contribution in [0.4, 0.5) is 17.1 Å². The molecule has 6 heteroatoms. The van der Waals surface area contributed by atoms with E-state index in [4.69, 9.17) is 5.73 Å². The second kappa shape index (κ2) is 8.47. The van der Waals surface area contributed by atoms with E-state index in [0.29, 0.717) is 6.42 Å². The van der Waals surface area contributed by atoms with Crippen molar-refractivity contribution in [3.05, 3.63) is 53.7 Å². The summed E-state index contributed by atoms with van der Waals surface area (Å²) in [6.07, 6.45) is 8.55. The zero-order chi connectivity index (χ0) is 21.2. The number of anilines is 3. The van der Waals surface area contributed by atoms with Gasteiger partial charge in [0.25, 0.3) is 0 Å². The predicted octanol–water partition coefficient (Wildman–Crippen LogP) is 4.53. The number of rotatable bonds is 5. The maximum Gasteiger partial charge on any atom is 0.225 e. The smallest absolute Gasteiger partial charge is 0.225 e. The molecule has 0 bridgehead atoms. The molecular weight excluding hydrogens is 386 g/mol. The van der Waals surface area contributed by atoms with Gasteiger partial charge in [0.2, 0.25) is 5.91 Å². The lowest BCUT2D eigenvalue weighted by molar-refractivity contribution is -0.116. The third-order valence-electron chi connectivity index (χ3n) is 6.33. The molecule has 0 atom stereocenters. The Morgan fingerprint density at radius 1 is 1.16 bits per heavy atom. The Morgan fingerprint density at radius 3 is 2.90 bits per heavy atom. The summed E-state index contributed by atoms with van der Waals surface area (Å²) < 4.78 is 0. The van der Waals surface area contributed by atoms with Crippen LogP contribution in [0, 0.1) is 0 Å². The molecule has 0 saturated carbocycles. The number of benzene rings is 2. The topological polar surface area (TPSA) is 86.2 Å². The number of hydrogen-bond acceptors (Lipinski definition) is 4. The number of carbonyl (C=O) groups is 1. The molecule has 3 aromatic rings. The van der Waals surface area contributed by atoms with Gasteiger partial charge < -0.3 is 26.3 Å². The number of likely N-dealkylation sites (tertiary alicyclic amines) is 1. The van der Waals surface area contributed by atoms with Crippen molar-refractivity contribution in [2.24, 2.45) is 0 Å².